The fraction of sp³-hybridized carbons (Fsp3) is 0.348. The van der Waals surface area contributed by atoms with Crippen LogP contribution in [0.1, 0.15) is 43.7 Å². The van der Waals surface area contributed by atoms with Gasteiger partial charge in [0.15, 0.2) is 6.61 Å². The molecule has 0 aliphatic heterocycles. The topological polar surface area (TPSA) is 86.5 Å². The first kappa shape index (κ1) is 21.4. The average molecular weight is 409 g/mol. The van der Waals surface area contributed by atoms with Gasteiger partial charge in [0.25, 0.3) is 5.91 Å². The Hall–Kier alpha value is -3.35. The Morgan fingerprint density at radius 1 is 1.13 bits per heavy atom. The van der Waals surface area contributed by atoms with Gasteiger partial charge in [-0.05, 0) is 61.2 Å². The van der Waals surface area contributed by atoms with E-state index in [0.717, 1.165) is 28.2 Å². The highest BCUT2D eigenvalue weighted by Gasteiger charge is 2.12. The minimum atomic E-state index is -0.257. The average Bonchev–Trinajstić information content (AvgIpc) is 3.20. The second-order valence-corrected chi connectivity index (χ2v) is 7.23. The maximum absolute atomic E-state index is 12.2. The Morgan fingerprint density at radius 3 is 2.60 bits per heavy atom. The maximum Gasteiger partial charge on any atom is 0.258 e. The Kier molecular flexibility index (Phi) is 7.06. The molecule has 0 unspecified atom stereocenters. The van der Waals surface area contributed by atoms with Gasteiger partial charge in [0.2, 0.25) is 11.7 Å². The summed E-state index contributed by atoms with van der Waals surface area (Å²) in [5, 5.41) is 6.71. The molecular formula is C23H27N3O4. The van der Waals surface area contributed by atoms with Crippen molar-refractivity contribution in [3.8, 4) is 22.9 Å². The van der Waals surface area contributed by atoms with Crippen LogP contribution >= 0.6 is 0 Å². The van der Waals surface area contributed by atoms with E-state index in [4.69, 9.17) is 14.0 Å². The Balaban J connectivity index is 1.53. The highest BCUT2D eigenvalue weighted by Crippen LogP contribution is 2.27. The van der Waals surface area contributed by atoms with Gasteiger partial charge >= 0.3 is 0 Å². The molecule has 0 aliphatic carbocycles. The molecule has 1 heterocycles. The predicted octanol–water partition coefficient (Wildman–Crippen LogP) is 4.26. The molecular weight excluding hydrogens is 382 g/mol. The summed E-state index contributed by atoms with van der Waals surface area (Å²) < 4.78 is 16.4. The number of amides is 1. The molecule has 0 radical (unpaired) electrons. The smallest absolute Gasteiger partial charge is 0.258 e. The molecule has 1 amide bonds. The fourth-order valence-electron chi connectivity index (χ4n) is 2.92. The monoisotopic (exact) mass is 409 g/mol. The highest BCUT2D eigenvalue weighted by atomic mass is 16.5. The lowest BCUT2D eigenvalue weighted by Gasteiger charge is -2.14. The van der Waals surface area contributed by atoms with E-state index in [-0.39, 0.29) is 19.1 Å². The molecule has 1 N–H and O–H groups in total. The molecule has 3 rings (SSSR count). The maximum atomic E-state index is 12.2. The molecule has 0 spiro atoms. The lowest BCUT2D eigenvalue weighted by Crippen LogP contribution is -2.28. The van der Waals surface area contributed by atoms with Gasteiger partial charge in [0.05, 0.1) is 13.2 Å². The molecule has 1 aromatic heterocycles. The summed E-state index contributed by atoms with van der Waals surface area (Å²) in [6.45, 7) is 8.78. The molecule has 3 aromatic rings. The van der Waals surface area contributed by atoms with Gasteiger partial charge in [-0.1, -0.05) is 31.1 Å². The summed E-state index contributed by atoms with van der Waals surface area (Å²) in [6, 6.07) is 13.5. The van der Waals surface area contributed by atoms with Crippen LogP contribution in [0.25, 0.3) is 11.4 Å². The number of aryl methyl sites for hydroxylation is 1. The van der Waals surface area contributed by atoms with Crippen molar-refractivity contribution >= 4 is 5.91 Å². The number of rotatable bonds is 9. The standard InChI is InChI=1S/C23H27N3O4/c1-5-28-18-9-7-17(8-10-18)23-25-22(30-26-23)13-24-21(27)14-29-20-12-16(4)6-11-19(20)15(2)3/h6-12,15H,5,13-14H2,1-4H3,(H,24,27). The Morgan fingerprint density at radius 2 is 1.90 bits per heavy atom. The van der Waals surface area contributed by atoms with Crippen LogP contribution in [0.15, 0.2) is 47.0 Å². The van der Waals surface area contributed by atoms with Gasteiger partial charge in [-0.2, -0.15) is 4.98 Å². The van der Waals surface area contributed by atoms with Crippen LogP contribution in [0.5, 0.6) is 11.5 Å². The largest absolute Gasteiger partial charge is 0.494 e. The van der Waals surface area contributed by atoms with Crippen molar-refractivity contribution in [2.75, 3.05) is 13.2 Å². The molecule has 7 heteroatoms. The second kappa shape index (κ2) is 9.91. The quantitative estimate of drug-likeness (QED) is 0.568. The summed E-state index contributed by atoms with van der Waals surface area (Å²) in [6.07, 6.45) is 0. The Bertz CT molecular complexity index is 980. The number of nitrogens with zero attached hydrogens (tertiary/aromatic N) is 2. The van der Waals surface area contributed by atoms with E-state index in [0.29, 0.717) is 24.2 Å². The minimum Gasteiger partial charge on any atom is -0.494 e. The van der Waals surface area contributed by atoms with Crippen molar-refractivity contribution in [1.29, 1.82) is 0 Å². The van der Waals surface area contributed by atoms with Gasteiger partial charge in [-0.15, -0.1) is 0 Å². The SMILES string of the molecule is CCOc1ccc(-c2noc(CNC(=O)COc3cc(C)ccc3C(C)C)n2)cc1. The van der Waals surface area contributed by atoms with E-state index in [1.807, 2.05) is 56.3 Å². The summed E-state index contributed by atoms with van der Waals surface area (Å²) >= 11 is 0. The number of carbonyl (C=O) groups is 1. The lowest BCUT2D eigenvalue weighted by atomic mass is 10.0. The number of carbonyl (C=O) groups excluding carboxylic acids is 1. The number of aromatic nitrogens is 2. The molecule has 0 saturated carbocycles. The zero-order chi connectivity index (χ0) is 21.5. The van der Waals surface area contributed by atoms with Crippen molar-refractivity contribution in [1.82, 2.24) is 15.5 Å². The van der Waals surface area contributed by atoms with E-state index >= 15 is 0 Å². The van der Waals surface area contributed by atoms with E-state index in [1.165, 1.54) is 0 Å². The number of benzene rings is 2. The summed E-state index contributed by atoms with van der Waals surface area (Å²) in [4.78, 5) is 16.5. The van der Waals surface area contributed by atoms with Gasteiger partial charge in [0, 0.05) is 5.56 Å². The highest BCUT2D eigenvalue weighted by molar-refractivity contribution is 5.77. The molecule has 0 saturated heterocycles. The van der Waals surface area contributed by atoms with E-state index < -0.39 is 0 Å². The van der Waals surface area contributed by atoms with Crippen molar-refractivity contribution in [3.63, 3.8) is 0 Å². The van der Waals surface area contributed by atoms with Crippen LogP contribution in [0.4, 0.5) is 0 Å². The first-order chi connectivity index (χ1) is 14.5. The molecule has 0 aliphatic rings. The molecule has 2 aromatic carbocycles. The van der Waals surface area contributed by atoms with Crippen molar-refractivity contribution < 1.29 is 18.8 Å². The van der Waals surface area contributed by atoms with Crippen molar-refractivity contribution in [2.45, 2.75) is 40.2 Å². The molecule has 0 atom stereocenters. The van der Waals surface area contributed by atoms with Crippen LogP contribution in [0, 0.1) is 6.92 Å². The number of hydrogen-bond acceptors (Lipinski definition) is 6. The third kappa shape index (κ3) is 5.59. The number of hydrogen-bond donors (Lipinski definition) is 1. The molecule has 7 nitrogen and oxygen atoms in total. The van der Waals surface area contributed by atoms with Crippen LogP contribution in [0.3, 0.4) is 0 Å². The lowest BCUT2D eigenvalue weighted by molar-refractivity contribution is -0.123. The van der Waals surface area contributed by atoms with E-state index in [9.17, 15) is 4.79 Å². The summed E-state index contributed by atoms with van der Waals surface area (Å²) in [5.74, 6) is 2.35. The molecule has 158 valence electrons. The van der Waals surface area contributed by atoms with Crippen molar-refractivity contribution in [2.24, 2.45) is 0 Å². The van der Waals surface area contributed by atoms with Gasteiger partial charge < -0.3 is 19.3 Å². The predicted molar refractivity (Wildman–Crippen MR) is 114 cm³/mol. The Labute approximate surface area is 176 Å². The van der Waals surface area contributed by atoms with E-state index in [2.05, 4.69) is 29.3 Å². The molecule has 0 bridgehead atoms. The third-order valence-electron chi connectivity index (χ3n) is 4.48. The van der Waals surface area contributed by atoms with Crippen molar-refractivity contribution in [3.05, 3.63) is 59.5 Å². The van der Waals surface area contributed by atoms with Crippen LogP contribution in [-0.2, 0) is 11.3 Å². The first-order valence-corrected chi connectivity index (χ1v) is 10.0. The van der Waals surface area contributed by atoms with Crippen LogP contribution < -0.4 is 14.8 Å². The zero-order valence-corrected chi connectivity index (χ0v) is 17.8. The number of ether oxygens (including phenoxy) is 2. The van der Waals surface area contributed by atoms with Gasteiger partial charge in [-0.25, -0.2) is 0 Å². The molecule has 0 fully saturated rings. The second-order valence-electron chi connectivity index (χ2n) is 7.23. The zero-order valence-electron chi connectivity index (χ0n) is 17.8. The van der Waals surface area contributed by atoms with E-state index in [1.54, 1.807) is 0 Å². The summed E-state index contributed by atoms with van der Waals surface area (Å²) in [5.41, 5.74) is 2.97. The van der Waals surface area contributed by atoms with Crippen LogP contribution in [0.2, 0.25) is 0 Å². The fourth-order valence-corrected chi connectivity index (χ4v) is 2.92. The third-order valence-corrected chi connectivity index (χ3v) is 4.48. The summed E-state index contributed by atoms with van der Waals surface area (Å²) in [7, 11) is 0. The van der Waals surface area contributed by atoms with Gasteiger partial charge in [0.1, 0.15) is 11.5 Å². The molecule has 30 heavy (non-hydrogen) atoms. The van der Waals surface area contributed by atoms with Crippen LogP contribution in [-0.4, -0.2) is 29.3 Å². The number of nitrogens with one attached hydrogen (secondary N) is 1. The minimum absolute atomic E-state index is 0.0803. The van der Waals surface area contributed by atoms with Gasteiger partial charge in [-0.3, -0.25) is 4.79 Å². The first-order valence-electron chi connectivity index (χ1n) is 10.0. The normalized spacial score (nSPS) is 10.8.